The van der Waals surface area contributed by atoms with Crippen LogP contribution in [0.4, 0.5) is 0 Å². The summed E-state index contributed by atoms with van der Waals surface area (Å²) in [6.07, 6.45) is 3.93. The van der Waals surface area contributed by atoms with E-state index in [1.54, 1.807) is 0 Å². The Bertz CT molecular complexity index is 136. The van der Waals surface area contributed by atoms with Crippen molar-refractivity contribution in [3.63, 3.8) is 0 Å². The normalized spacial score (nSPS) is 30.3. The smallest absolute Gasteiger partial charge is 0.144 e. The standard InChI is InChI=1S/C9H18NSi/c1-8(2)6-5-7-9(3,4)10(8)11/h5-7H2,1-4H3. The van der Waals surface area contributed by atoms with Gasteiger partial charge >= 0.3 is 0 Å². The molecule has 1 heterocycles. The van der Waals surface area contributed by atoms with Gasteiger partial charge in [-0.15, -0.1) is 0 Å². The van der Waals surface area contributed by atoms with E-state index in [0.29, 0.717) is 11.1 Å². The number of hydrogen-bond acceptors (Lipinski definition) is 1. The Morgan fingerprint density at radius 3 is 1.64 bits per heavy atom. The molecular formula is C9H18NSi. The molecule has 0 aliphatic carbocycles. The Balaban J connectivity index is 2.76. The molecule has 0 aromatic carbocycles. The highest BCUT2D eigenvalue weighted by Gasteiger charge is 2.37. The van der Waals surface area contributed by atoms with E-state index in [2.05, 4.69) is 42.7 Å². The minimum absolute atomic E-state index is 0.318. The fourth-order valence-electron chi connectivity index (χ4n) is 2.00. The average Bonchev–Trinajstić information content (AvgIpc) is 1.82. The van der Waals surface area contributed by atoms with E-state index in [0.717, 1.165) is 0 Å². The second-order valence-electron chi connectivity index (χ2n) is 4.81. The molecule has 1 aliphatic rings. The minimum atomic E-state index is 0.318. The van der Waals surface area contributed by atoms with Crippen LogP contribution in [0.25, 0.3) is 0 Å². The van der Waals surface area contributed by atoms with Crippen LogP contribution in [0, 0.1) is 0 Å². The molecule has 0 amide bonds. The van der Waals surface area contributed by atoms with Gasteiger partial charge in [0.15, 0.2) is 0 Å². The van der Waals surface area contributed by atoms with Crippen LogP contribution in [0.1, 0.15) is 47.0 Å². The number of hydrogen-bond donors (Lipinski definition) is 0. The van der Waals surface area contributed by atoms with Crippen LogP contribution >= 0.6 is 0 Å². The van der Waals surface area contributed by atoms with Gasteiger partial charge in [-0.05, 0) is 47.0 Å². The Hall–Kier alpha value is 0.177. The van der Waals surface area contributed by atoms with Gasteiger partial charge in [0.2, 0.25) is 0 Å². The molecule has 0 bridgehead atoms. The summed E-state index contributed by atoms with van der Waals surface area (Å²) in [6, 6.07) is 0. The first-order chi connectivity index (χ1) is 4.86. The van der Waals surface area contributed by atoms with Crippen LogP contribution in [0.3, 0.4) is 0 Å². The van der Waals surface area contributed by atoms with Gasteiger partial charge in [-0.25, -0.2) is 0 Å². The molecule has 0 saturated carbocycles. The van der Waals surface area contributed by atoms with Crippen LogP contribution in [0.15, 0.2) is 0 Å². The minimum Gasteiger partial charge on any atom is -0.317 e. The van der Waals surface area contributed by atoms with Gasteiger partial charge in [0.25, 0.3) is 0 Å². The van der Waals surface area contributed by atoms with E-state index in [-0.39, 0.29) is 0 Å². The molecule has 1 fully saturated rings. The molecular weight excluding hydrogens is 150 g/mol. The summed E-state index contributed by atoms with van der Waals surface area (Å²) in [4.78, 5) is 0. The summed E-state index contributed by atoms with van der Waals surface area (Å²) < 4.78 is 2.32. The highest BCUT2D eigenvalue weighted by atomic mass is 28.2. The summed E-state index contributed by atoms with van der Waals surface area (Å²) in [5.74, 6) is 0. The van der Waals surface area contributed by atoms with Crippen LogP contribution < -0.4 is 0 Å². The zero-order valence-corrected chi connectivity index (χ0v) is 9.07. The summed E-state index contributed by atoms with van der Waals surface area (Å²) in [6.45, 7) is 9.17. The molecule has 0 N–H and O–H groups in total. The van der Waals surface area contributed by atoms with Crippen molar-refractivity contribution in [1.29, 1.82) is 0 Å². The molecule has 1 aliphatic heterocycles. The van der Waals surface area contributed by atoms with Crippen molar-refractivity contribution in [3.8, 4) is 0 Å². The number of piperidine rings is 1. The summed E-state index contributed by atoms with van der Waals surface area (Å²) >= 11 is 0. The molecule has 2 heteroatoms. The van der Waals surface area contributed by atoms with Crippen molar-refractivity contribution >= 4 is 10.4 Å². The van der Waals surface area contributed by atoms with Crippen molar-refractivity contribution in [2.75, 3.05) is 0 Å². The zero-order valence-electron chi connectivity index (χ0n) is 8.07. The van der Waals surface area contributed by atoms with Gasteiger partial charge < -0.3 is 4.57 Å². The maximum atomic E-state index is 3.72. The molecule has 0 aromatic heterocycles. The zero-order chi connectivity index (χ0) is 8.70. The molecule has 63 valence electrons. The fraction of sp³-hybridized carbons (Fsp3) is 1.00. The van der Waals surface area contributed by atoms with Crippen LogP contribution in [-0.2, 0) is 0 Å². The van der Waals surface area contributed by atoms with Crippen molar-refractivity contribution < 1.29 is 0 Å². The van der Waals surface area contributed by atoms with Gasteiger partial charge in [-0.1, -0.05) is 0 Å². The highest BCUT2D eigenvalue weighted by Crippen LogP contribution is 2.35. The second-order valence-corrected chi connectivity index (χ2v) is 5.26. The maximum Gasteiger partial charge on any atom is 0.144 e. The number of nitrogens with zero attached hydrogens (tertiary/aromatic N) is 1. The third-order valence-electron chi connectivity index (χ3n) is 2.79. The summed E-state index contributed by atoms with van der Waals surface area (Å²) in [7, 11) is 3.72. The molecule has 0 spiro atoms. The van der Waals surface area contributed by atoms with Crippen molar-refractivity contribution in [3.05, 3.63) is 0 Å². The molecule has 3 radical (unpaired) electrons. The van der Waals surface area contributed by atoms with E-state index < -0.39 is 0 Å². The highest BCUT2D eigenvalue weighted by molar-refractivity contribution is 6.05. The van der Waals surface area contributed by atoms with Crippen molar-refractivity contribution in [2.24, 2.45) is 0 Å². The van der Waals surface area contributed by atoms with E-state index in [1.165, 1.54) is 19.3 Å². The largest absolute Gasteiger partial charge is 0.317 e. The van der Waals surface area contributed by atoms with Gasteiger partial charge in [0.1, 0.15) is 10.4 Å². The third-order valence-corrected chi connectivity index (χ3v) is 4.00. The Labute approximate surface area is 73.7 Å². The lowest BCUT2D eigenvalue weighted by atomic mass is 9.83. The Morgan fingerprint density at radius 1 is 1.00 bits per heavy atom. The SMILES string of the molecule is CC1(C)CCCC(C)(C)N1[Si]. The first-order valence-electron chi connectivity index (χ1n) is 4.38. The van der Waals surface area contributed by atoms with E-state index >= 15 is 0 Å². The lowest BCUT2D eigenvalue weighted by molar-refractivity contribution is 0.0577. The van der Waals surface area contributed by atoms with Crippen LogP contribution in [0.2, 0.25) is 0 Å². The monoisotopic (exact) mass is 168 g/mol. The molecule has 1 saturated heterocycles. The van der Waals surface area contributed by atoms with Crippen molar-refractivity contribution in [2.45, 2.75) is 58.0 Å². The van der Waals surface area contributed by atoms with Gasteiger partial charge in [-0.2, -0.15) is 0 Å². The van der Waals surface area contributed by atoms with Gasteiger partial charge in [0, 0.05) is 11.1 Å². The topological polar surface area (TPSA) is 3.24 Å². The van der Waals surface area contributed by atoms with Crippen LogP contribution in [-0.4, -0.2) is 26.0 Å². The molecule has 1 rings (SSSR count). The Kier molecular flexibility index (Phi) is 2.19. The first kappa shape index (κ1) is 9.27. The molecule has 11 heavy (non-hydrogen) atoms. The van der Waals surface area contributed by atoms with Gasteiger partial charge in [0.05, 0.1) is 0 Å². The lowest BCUT2D eigenvalue weighted by Crippen LogP contribution is -2.57. The van der Waals surface area contributed by atoms with E-state index in [9.17, 15) is 0 Å². The molecule has 0 atom stereocenters. The molecule has 1 nitrogen and oxygen atoms in total. The van der Waals surface area contributed by atoms with Crippen molar-refractivity contribution in [1.82, 2.24) is 4.57 Å². The average molecular weight is 168 g/mol. The summed E-state index contributed by atoms with van der Waals surface area (Å²) in [5.41, 5.74) is 0.636. The van der Waals surface area contributed by atoms with Gasteiger partial charge in [-0.3, -0.25) is 0 Å². The predicted octanol–water partition coefficient (Wildman–Crippen LogP) is 2.11. The molecule has 0 unspecified atom stereocenters. The van der Waals surface area contributed by atoms with E-state index in [4.69, 9.17) is 0 Å². The lowest BCUT2D eigenvalue weighted by Gasteiger charge is -2.51. The number of rotatable bonds is 0. The van der Waals surface area contributed by atoms with E-state index in [1.807, 2.05) is 0 Å². The molecule has 0 aromatic rings. The summed E-state index contributed by atoms with van der Waals surface area (Å²) in [5, 5.41) is 0. The Morgan fingerprint density at radius 2 is 1.36 bits per heavy atom. The van der Waals surface area contributed by atoms with Crippen LogP contribution in [0.5, 0.6) is 0 Å². The predicted molar refractivity (Wildman–Crippen MR) is 49.6 cm³/mol. The maximum absolute atomic E-state index is 3.72. The fourth-order valence-corrected chi connectivity index (χ4v) is 2.22. The third kappa shape index (κ3) is 1.67. The first-order valence-corrected chi connectivity index (χ1v) is 4.83. The quantitative estimate of drug-likeness (QED) is 0.501. The second kappa shape index (κ2) is 2.59.